The van der Waals surface area contributed by atoms with Crippen molar-refractivity contribution in [2.75, 3.05) is 0 Å². The number of hydrogen-bond donors (Lipinski definition) is 1. The summed E-state index contributed by atoms with van der Waals surface area (Å²) in [6, 6.07) is 2.69. The maximum absolute atomic E-state index is 10.7. The lowest BCUT2D eigenvalue weighted by atomic mass is 10.2. The number of hydrogen-bond acceptors (Lipinski definition) is 2. The van der Waals surface area contributed by atoms with Gasteiger partial charge in [-0.3, -0.25) is 0 Å². The Hall–Kier alpha value is -0.930. The zero-order chi connectivity index (χ0) is 11.6. The summed E-state index contributed by atoms with van der Waals surface area (Å²) in [4.78, 5) is 10.7. The number of ether oxygens (including phenoxy) is 1. The molecule has 1 aromatic carbocycles. The molecule has 1 N–H and O–H groups in total. The molecule has 0 radical (unpaired) electrons. The van der Waals surface area contributed by atoms with E-state index in [2.05, 4.69) is 0 Å². The molecular weight excluding hydrogens is 239 g/mol. The third-order valence-corrected chi connectivity index (χ3v) is 2.22. The predicted octanol–water partition coefficient (Wildman–Crippen LogP) is 3.48. The van der Waals surface area contributed by atoms with Crippen molar-refractivity contribution in [1.82, 2.24) is 0 Å². The largest absolute Gasteiger partial charge is 0.489 e. The summed E-state index contributed by atoms with van der Waals surface area (Å²) in [6.07, 6.45) is -0.0470. The fourth-order valence-corrected chi connectivity index (χ4v) is 1.48. The quantitative estimate of drug-likeness (QED) is 0.891. The van der Waals surface area contributed by atoms with Gasteiger partial charge in [-0.05, 0) is 19.9 Å². The maximum Gasteiger partial charge on any atom is 0.337 e. The van der Waals surface area contributed by atoms with Crippen LogP contribution in [-0.2, 0) is 0 Å². The van der Waals surface area contributed by atoms with Gasteiger partial charge in [0, 0.05) is 6.07 Å². The van der Waals surface area contributed by atoms with E-state index in [-0.39, 0.29) is 21.7 Å². The second-order valence-electron chi connectivity index (χ2n) is 3.23. The van der Waals surface area contributed by atoms with Crippen LogP contribution in [0.4, 0.5) is 0 Å². The summed E-state index contributed by atoms with van der Waals surface area (Å²) in [7, 11) is 0. The summed E-state index contributed by atoms with van der Waals surface area (Å²) in [5.41, 5.74) is -0.0298. The van der Waals surface area contributed by atoms with Crippen molar-refractivity contribution in [3.8, 4) is 5.75 Å². The first-order valence-electron chi connectivity index (χ1n) is 4.30. The predicted molar refractivity (Wildman–Crippen MR) is 59.2 cm³/mol. The number of carboxylic acid groups (broad SMARTS) is 1. The van der Waals surface area contributed by atoms with Crippen molar-refractivity contribution in [2.45, 2.75) is 20.0 Å². The molecule has 0 fully saturated rings. The van der Waals surface area contributed by atoms with Gasteiger partial charge in [0.05, 0.1) is 21.7 Å². The minimum Gasteiger partial charge on any atom is -0.489 e. The van der Waals surface area contributed by atoms with Crippen LogP contribution in [0.25, 0.3) is 0 Å². The van der Waals surface area contributed by atoms with E-state index in [0.29, 0.717) is 5.75 Å². The smallest absolute Gasteiger partial charge is 0.337 e. The maximum atomic E-state index is 10.7. The average molecular weight is 249 g/mol. The molecule has 0 heterocycles. The molecule has 0 aromatic heterocycles. The molecule has 0 aliphatic heterocycles. The number of rotatable bonds is 3. The fraction of sp³-hybridized carbons (Fsp3) is 0.300. The third kappa shape index (κ3) is 3.01. The molecule has 0 amide bonds. The van der Waals surface area contributed by atoms with Crippen LogP contribution in [0.1, 0.15) is 24.2 Å². The first kappa shape index (κ1) is 12.1. The minimum atomic E-state index is -1.11. The van der Waals surface area contributed by atoms with Crippen molar-refractivity contribution in [1.29, 1.82) is 0 Å². The zero-order valence-corrected chi connectivity index (χ0v) is 9.76. The molecular formula is C10H10Cl2O3. The first-order valence-corrected chi connectivity index (χ1v) is 5.06. The Kier molecular flexibility index (Phi) is 3.83. The van der Waals surface area contributed by atoms with Crippen molar-refractivity contribution in [3.63, 3.8) is 0 Å². The van der Waals surface area contributed by atoms with Gasteiger partial charge >= 0.3 is 5.97 Å². The van der Waals surface area contributed by atoms with E-state index < -0.39 is 5.97 Å². The van der Waals surface area contributed by atoms with Crippen molar-refractivity contribution >= 4 is 29.2 Å². The molecule has 0 bridgehead atoms. The third-order valence-electron chi connectivity index (χ3n) is 1.61. The number of carboxylic acids is 1. The summed E-state index contributed by atoms with van der Waals surface area (Å²) >= 11 is 11.6. The van der Waals surface area contributed by atoms with Gasteiger partial charge in [0.2, 0.25) is 0 Å². The van der Waals surface area contributed by atoms with E-state index in [1.54, 1.807) is 0 Å². The van der Waals surface area contributed by atoms with Crippen LogP contribution in [0.15, 0.2) is 12.1 Å². The topological polar surface area (TPSA) is 46.5 Å². The van der Waals surface area contributed by atoms with Gasteiger partial charge in [-0.1, -0.05) is 23.2 Å². The minimum absolute atomic E-state index is 0.0298. The van der Waals surface area contributed by atoms with E-state index in [1.807, 2.05) is 13.8 Å². The Morgan fingerprint density at radius 1 is 1.33 bits per heavy atom. The molecule has 82 valence electrons. The van der Waals surface area contributed by atoms with Gasteiger partial charge in [0.1, 0.15) is 5.75 Å². The summed E-state index contributed by atoms with van der Waals surface area (Å²) in [5, 5.41) is 9.13. The molecule has 1 rings (SSSR count). The van der Waals surface area contributed by atoms with E-state index in [0.717, 1.165) is 0 Å². The molecule has 0 aliphatic rings. The van der Waals surface area contributed by atoms with Gasteiger partial charge in [-0.15, -0.1) is 0 Å². The Labute approximate surface area is 97.6 Å². The molecule has 0 spiro atoms. The van der Waals surface area contributed by atoms with Gasteiger partial charge < -0.3 is 9.84 Å². The highest BCUT2D eigenvalue weighted by Crippen LogP contribution is 2.31. The lowest BCUT2D eigenvalue weighted by Crippen LogP contribution is -2.07. The monoisotopic (exact) mass is 248 g/mol. The Balaban J connectivity index is 3.13. The molecule has 0 saturated heterocycles. The van der Waals surface area contributed by atoms with Gasteiger partial charge in [-0.2, -0.15) is 0 Å². The van der Waals surface area contributed by atoms with Crippen LogP contribution in [0.5, 0.6) is 5.75 Å². The molecule has 1 aromatic rings. The normalized spacial score (nSPS) is 10.5. The van der Waals surface area contributed by atoms with Gasteiger partial charge in [0.25, 0.3) is 0 Å². The molecule has 0 unspecified atom stereocenters. The molecule has 0 saturated carbocycles. The van der Waals surface area contributed by atoms with Crippen LogP contribution in [0.2, 0.25) is 10.0 Å². The summed E-state index contributed by atoms with van der Waals surface area (Å²) < 4.78 is 5.35. The Morgan fingerprint density at radius 2 is 1.93 bits per heavy atom. The van der Waals surface area contributed by atoms with Crippen molar-refractivity contribution in [2.24, 2.45) is 0 Å². The Morgan fingerprint density at radius 3 is 2.40 bits per heavy atom. The van der Waals surface area contributed by atoms with Crippen LogP contribution < -0.4 is 4.74 Å². The van der Waals surface area contributed by atoms with Crippen LogP contribution in [0.3, 0.4) is 0 Å². The number of carbonyl (C=O) groups is 1. The van der Waals surface area contributed by atoms with Crippen molar-refractivity contribution < 1.29 is 14.6 Å². The molecule has 3 nitrogen and oxygen atoms in total. The van der Waals surface area contributed by atoms with Crippen LogP contribution in [-0.4, -0.2) is 17.2 Å². The second kappa shape index (κ2) is 4.73. The van der Waals surface area contributed by atoms with E-state index in [1.165, 1.54) is 12.1 Å². The van der Waals surface area contributed by atoms with Crippen LogP contribution >= 0.6 is 23.2 Å². The highest BCUT2D eigenvalue weighted by atomic mass is 35.5. The summed E-state index contributed by atoms with van der Waals surface area (Å²) in [6.45, 7) is 3.69. The van der Waals surface area contributed by atoms with Gasteiger partial charge in [0.15, 0.2) is 0 Å². The molecule has 0 atom stereocenters. The highest BCUT2D eigenvalue weighted by molar-refractivity contribution is 6.36. The molecule has 15 heavy (non-hydrogen) atoms. The summed E-state index contributed by atoms with van der Waals surface area (Å²) in [5.74, 6) is -0.723. The SMILES string of the molecule is CC(C)Oc1cc(Cl)c(C(=O)O)cc1Cl. The Bertz CT molecular complexity index is 388. The molecule has 5 heteroatoms. The first-order chi connectivity index (χ1) is 6.91. The number of halogens is 2. The van der Waals surface area contributed by atoms with Crippen molar-refractivity contribution in [3.05, 3.63) is 27.7 Å². The zero-order valence-electron chi connectivity index (χ0n) is 8.25. The highest BCUT2D eigenvalue weighted by Gasteiger charge is 2.14. The standard InChI is InChI=1S/C10H10Cl2O3/c1-5(2)15-9-4-7(11)6(10(13)14)3-8(9)12/h3-5H,1-2H3,(H,13,14). The second-order valence-corrected chi connectivity index (χ2v) is 4.05. The lowest BCUT2D eigenvalue weighted by molar-refractivity contribution is 0.0697. The van der Waals surface area contributed by atoms with Gasteiger partial charge in [-0.25, -0.2) is 4.79 Å². The number of benzene rings is 1. The van der Waals surface area contributed by atoms with E-state index in [4.69, 9.17) is 33.0 Å². The van der Waals surface area contributed by atoms with E-state index in [9.17, 15) is 4.79 Å². The average Bonchev–Trinajstić information content (AvgIpc) is 2.09. The number of aromatic carboxylic acids is 1. The van der Waals surface area contributed by atoms with Crippen LogP contribution in [0, 0.1) is 0 Å². The lowest BCUT2D eigenvalue weighted by Gasteiger charge is -2.12. The fourth-order valence-electron chi connectivity index (χ4n) is 1.04. The molecule has 0 aliphatic carbocycles. The van der Waals surface area contributed by atoms with E-state index >= 15 is 0 Å².